The monoisotopic (exact) mass is 199 g/mol. The largest absolute Gasteiger partial charge is 0.303 e. The first-order valence-corrected chi connectivity index (χ1v) is 5.17. The van der Waals surface area contributed by atoms with Gasteiger partial charge in [0.05, 0.1) is 5.52 Å². The van der Waals surface area contributed by atoms with E-state index in [0.29, 0.717) is 6.42 Å². The molecule has 0 amide bonds. The van der Waals surface area contributed by atoms with E-state index in [0.717, 1.165) is 24.6 Å². The Morgan fingerprint density at radius 1 is 1.27 bits per heavy atom. The van der Waals surface area contributed by atoms with Crippen LogP contribution in [0.5, 0.6) is 0 Å². The van der Waals surface area contributed by atoms with Crippen molar-refractivity contribution < 1.29 is 4.79 Å². The van der Waals surface area contributed by atoms with E-state index in [9.17, 15) is 4.79 Å². The van der Waals surface area contributed by atoms with E-state index in [1.165, 1.54) is 10.9 Å². The second-order valence-electron chi connectivity index (χ2n) is 3.59. The van der Waals surface area contributed by atoms with E-state index in [-0.39, 0.29) is 0 Å². The number of benzene rings is 1. The Hall–Kier alpha value is -1.70. The van der Waals surface area contributed by atoms with Crippen LogP contribution in [0, 0.1) is 0 Å². The molecule has 0 saturated carbocycles. The topological polar surface area (TPSA) is 30.0 Å². The summed E-state index contributed by atoms with van der Waals surface area (Å²) in [5, 5.41) is 1.17. The molecule has 2 aromatic rings. The maximum Gasteiger partial charge on any atom is 0.120 e. The lowest BCUT2D eigenvalue weighted by Crippen LogP contribution is -1.87. The number of aryl methyl sites for hydroxylation is 1. The number of fused-ring (bicyclic) bond motifs is 1. The van der Waals surface area contributed by atoms with Crippen LogP contribution in [0.25, 0.3) is 10.9 Å². The van der Waals surface area contributed by atoms with Crippen LogP contribution in [-0.2, 0) is 11.2 Å². The molecule has 0 aliphatic rings. The lowest BCUT2D eigenvalue weighted by molar-refractivity contribution is -0.107. The van der Waals surface area contributed by atoms with Crippen LogP contribution in [0.2, 0.25) is 0 Å². The third-order valence-corrected chi connectivity index (χ3v) is 2.45. The fourth-order valence-electron chi connectivity index (χ4n) is 1.67. The van der Waals surface area contributed by atoms with Crippen molar-refractivity contribution in [3.63, 3.8) is 0 Å². The zero-order valence-electron chi connectivity index (χ0n) is 8.52. The van der Waals surface area contributed by atoms with E-state index in [1.807, 2.05) is 12.1 Å². The van der Waals surface area contributed by atoms with Gasteiger partial charge in [0, 0.05) is 18.0 Å². The van der Waals surface area contributed by atoms with E-state index in [4.69, 9.17) is 0 Å². The molecule has 2 rings (SSSR count). The summed E-state index contributed by atoms with van der Waals surface area (Å²) in [7, 11) is 0. The van der Waals surface area contributed by atoms with E-state index >= 15 is 0 Å². The highest BCUT2D eigenvalue weighted by Gasteiger charge is 1.96. The van der Waals surface area contributed by atoms with Crippen molar-refractivity contribution in [3.05, 3.63) is 42.1 Å². The normalized spacial score (nSPS) is 10.4. The van der Waals surface area contributed by atoms with Crippen molar-refractivity contribution >= 4 is 17.2 Å². The Bertz CT molecular complexity index is 465. The highest BCUT2D eigenvalue weighted by atomic mass is 16.1. The lowest BCUT2D eigenvalue weighted by Gasteiger charge is -2.01. The first kappa shape index (κ1) is 9.84. The second-order valence-corrected chi connectivity index (χ2v) is 3.59. The van der Waals surface area contributed by atoms with Crippen molar-refractivity contribution in [2.75, 3.05) is 0 Å². The fourth-order valence-corrected chi connectivity index (χ4v) is 1.67. The molecular formula is C13H13NO. The van der Waals surface area contributed by atoms with Crippen molar-refractivity contribution in [1.29, 1.82) is 0 Å². The Kier molecular flexibility index (Phi) is 3.08. The van der Waals surface area contributed by atoms with E-state index < -0.39 is 0 Å². The number of aromatic nitrogens is 1. The zero-order chi connectivity index (χ0) is 10.5. The van der Waals surface area contributed by atoms with Gasteiger partial charge in [-0.2, -0.15) is 0 Å². The molecule has 0 N–H and O–H groups in total. The van der Waals surface area contributed by atoms with Gasteiger partial charge in [-0.05, 0) is 36.6 Å². The van der Waals surface area contributed by atoms with Crippen LogP contribution >= 0.6 is 0 Å². The van der Waals surface area contributed by atoms with Crippen molar-refractivity contribution in [3.8, 4) is 0 Å². The zero-order valence-corrected chi connectivity index (χ0v) is 8.52. The van der Waals surface area contributed by atoms with Crippen LogP contribution in [0.15, 0.2) is 36.5 Å². The van der Waals surface area contributed by atoms with Gasteiger partial charge in [0.15, 0.2) is 0 Å². The predicted molar refractivity (Wildman–Crippen MR) is 60.7 cm³/mol. The first-order chi connectivity index (χ1) is 7.40. The molecule has 15 heavy (non-hydrogen) atoms. The molecule has 0 aliphatic carbocycles. The molecule has 0 fully saturated rings. The number of hydrogen-bond acceptors (Lipinski definition) is 2. The van der Waals surface area contributed by atoms with Gasteiger partial charge in [-0.25, -0.2) is 0 Å². The molecule has 1 aromatic carbocycles. The summed E-state index contributed by atoms with van der Waals surface area (Å²) < 4.78 is 0. The Labute approximate surface area is 89.0 Å². The molecule has 0 unspecified atom stereocenters. The molecule has 0 bridgehead atoms. The molecule has 0 radical (unpaired) electrons. The van der Waals surface area contributed by atoms with Gasteiger partial charge in [-0.15, -0.1) is 0 Å². The van der Waals surface area contributed by atoms with Gasteiger partial charge in [0.2, 0.25) is 0 Å². The SMILES string of the molecule is O=CCCCc1ccc2ncccc2c1. The summed E-state index contributed by atoms with van der Waals surface area (Å²) in [5.74, 6) is 0. The van der Waals surface area contributed by atoms with Gasteiger partial charge in [-0.1, -0.05) is 12.1 Å². The predicted octanol–water partition coefficient (Wildman–Crippen LogP) is 2.76. The Balaban J connectivity index is 2.19. The summed E-state index contributed by atoms with van der Waals surface area (Å²) in [6, 6.07) is 10.3. The third kappa shape index (κ3) is 2.40. The third-order valence-electron chi connectivity index (χ3n) is 2.45. The van der Waals surface area contributed by atoms with E-state index in [2.05, 4.69) is 23.2 Å². The number of unbranched alkanes of at least 4 members (excludes halogenated alkanes) is 1. The number of rotatable bonds is 4. The summed E-state index contributed by atoms with van der Waals surface area (Å²) in [6.07, 6.45) is 5.31. The molecule has 1 heterocycles. The molecule has 76 valence electrons. The number of carbonyl (C=O) groups is 1. The molecule has 0 aliphatic heterocycles. The standard InChI is InChI=1S/C13H13NO/c15-9-2-1-4-11-6-7-13-12(10-11)5-3-8-14-13/h3,5-10H,1-2,4H2. The molecule has 2 nitrogen and oxygen atoms in total. The van der Waals surface area contributed by atoms with Crippen LogP contribution in [0.3, 0.4) is 0 Å². The Morgan fingerprint density at radius 3 is 3.07 bits per heavy atom. The minimum atomic E-state index is 0.644. The van der Waals surface area contributed by atoms with E-state index in [1.54, 1.807) is 6.20 Å². The van der Waals surface area contributed by atoms with Crippen LogP contribution in [-0.4, -0.2) is 11.3 Å². The smallest absolute Gasteiger partial charge is 0.120 e. The van der Waals surface area contributed by atoms with Gasteiger partial charge in [0.1, 0.15) is 6.29 Å². The molecule has 0 spiro atoms. The van der Waals surface area contributed by atoms with Crippen molar-refractivity contribution in [2.45, 2.75) is 19.3 Å². The highest BCUT2D eigenvalue weighted by Crippen LogP contribution is 2.14. The summed E-state index contributed by atoms with van der Waals surface area (Å²) in [5.41, 5.74) is 2.30. The summed E-state index contributed by atoms with van der Waals surface area (Å²) in [4.78, 5) is 14.5. The minimum Gasteiger partial charge on any atom is -0.303 e. The quantitative estimate of drug-likeness (QED) is 0.559. The minimum absolute atomic E-state index is 0.644. The van der Waals surface area contributed by atoms with Gasteiger partial charge in [-0.3, -0.25) is 4.98 Å². The average molecular weight is 199 g/mol. The fraction of sp³-hybridized carbons (Fsp3) is 0.231. The number of pyridine rings is 1. The molecular weight excluding hydrogens is 186 g/mol. The first-order valence-electron chi connectivity index (χ1n) is 5.17. The van der Waals surface area contributed by atoms with Crippen molar-refractivity contribution in [1.82, 2.24) is 4.98 Å². The number of nitrogens with zero attached hydrogens (tertiary/aromatic N) is 1. The van der Waals surface area contributed by atoms with Gasteiger partial charge < -0.3 is 4.79 Å². The van der Waals surface area contributed by atoms with Gasteiger partial charge >= 0.3 is 0 Å². The second kappa shape index (κ2) is 4.69. The average Bonchev–Trinajstić information content (AvgIpc) is 2.29. The Morgan fingerprint density at radius 2 is 2.20 bits per heavy atom. The van der Waals surface area contributed by atoms with Crippen LogP contribution in [0.4, 0.5) is 0 Å². The van der Waals surface area contributed by atoms with Gasteiger partial charge in [0.25, 0.3) is 0 Å². The summed E-state index contributed by atoms with van der Waals surface area (Å²) >= 11 is 0. The maximum absolute atomic E-state index is 10.2. The molecule has 2 heteroatoms. The van der Waals surface area contributed by atoms with Crippen LogP contribution < -0.4 is 0 Å². The number of aldehydes is 1. The van der Waals surface area contributed by atoms with Crippen LogP contribution in [0.1, 0.15) is 18.4 Å². The summed E-state index contributed by atoms with van der Waals surface area (Å²) in [6.45, 7) is 0. The lowest BCUT2D eigenvalue weighted by atomic mass is 10.1. The maximum atomic E-state index is 10.2. The molecule has 0 saturated heterocycles. The molecule has 1 aromatic heterocycles. The molecule has 0 atom stereocenters. The van der Waals surface area contributed by atoms with Crippen molar-refractivity contribution in [2.24, 2.45) is 0 Å². The number of hydrogen-bond donors (Lipinski definition) is 0. The number of carbonyl (C=O) groups excluding carboxylic acids is 1. The highest BCUT2D eigenvalue weighted by molar-refractivity contribution is 5.78.